The first-order valence-corrected chi connectivity index (χ1v) is 9.35. The second-order valence-corrected chi connectivity index (χ2v) is 8.33. The van der Waals surface area contributed by atoms with Crippen LogP contribution in [0.2, 0.25) is 0 Å². The Labute approximate surface area is 148 Å². The monoisotopic (exact) mass is 448 g/mol. The molecule has 7 nitrogen and oxygen atoms in total. The molecule has 0 saturated heterocycles. The molecule has 2 aromatic rings. The highest BCUT2D eigenvalue weighted by atomic mass is 127. The SMILES string of the molecule is CCc1cc(NC(=O)c2cc(S(=O)(=O)N(C)C)ccc2I)n[nH]1. The first-order chi connectivity index (χ1) is 10.8. The largest absolute Gasteiger partial charge is 0.305 e. The van der Waals surface area contributed by atoms with Gasteiger partial charge in [-0.25, -0.2) is 12.7 Å². The van der Waals surface area contributed by atoms with Crippen molar-refractivity contribution in [3.8, 4) is 0 Å². The molecule has 2 rings (SSSR count). The van der Waals surface area contributed by atoms with Crippen molar-refractivity contribution in [1.82, 2.24) is 14.5 Å². The lowest BCUT2D eigenvalue weighted by molar-refractivity contribution is 0.102. The number of amides is 1. The second kappa shape index (κ2) is 6.97. The highest BCUT2D eigenvalue weighted by Gasteiger charge is 2.21. The number of halogens is 1. The molecule has 0 fully saturated rings. The molecule has 1 amide bonds. The van der Waals surface area contributed by atoms with Gasteiger partial charge in [0.15, 0.2) is 5.82 Å². The van der Waals surface area contributed by atoms with E-state index in [-0.39, 0.29) is 10.5 Å². The van der Waals surface area contributed by atoms with Gasteiger partial charge in [0.05, 0.1) is 10.5 Å². The zero-order valence-electron chi connectivity index (χ0n) is 12.9. The summed E-state index contributed by atoms with van der Waals surface area (Å²) < 4.78 is 26.2. The summed E-state index contributed by atoms with van der Waals surface area (Å²) in [6.45, 7) is 1.97. The lowest BCUT2D eigenvalue weighted by Crippen LogP contribution is -2.23. The lowest BCUT2D eigenvalue weighted by atomic mass is 10.2. The number of nitrogens with one attached hydrogen (secondary N) is 2. The van der Waals surface area contributed by atoms with Crippen LogP contribution < -0.4 is 5.32 Å². The minimum absolute atomic E-state index is 0.0735. The smallest absolute Gasteiger partial charge is 0.257 e. The Hall–Kier alpha value is -1.46. The van der Waals surface area contributed by atoms with Crippen LogP contribution in [0.25, 0.3) is 0 Å². The van der Waals surface area contributed by atoms with Crippen molar-refractivity contribution in [3.63, 3.8) is 0 Å². The Morgan fingerprint density at radius 1 is 1.35 bits per heavy atom. The summed E-state index contributed by atoms with van der Waals surface area (Å²) in [6, 6.07) is 6.20. The van der Waals surface area contributed by atoms with Crippen LogP contribution >= 0.6 is 22.6 Å². The van der Waals surface area contributed by atoms with E-state index >= 15 is 0 Å². The summed E-state index contributed by atoms with van der Waals surface area (Å²) in [6.07, 6.45) is 0.775. The van der Waals surface area contributed by atoms with Gasteiger partial charge in [0, 0.05) is 29.4 Å². The van der Waals surface area contributed by atoms with E-state index < -0.39 is 15.9 Å². The van der Waals surface area contributed by atoms with E-state index in [9.17, 15) is 13.2 Å². The van der Waals surface area contributed by atoms with Gasteiger partial charge in [0.2, 0.25) is 10.0 Å². The number of aryl methyl sites for hydroxylation is 1. The van der Waals surface area contributed by atoms with Gasteiger partial charge in [-0.2, -0.15) is 5.10 Å². The highest BCUT2D eigenvalue weighted by molar-refractivity contribution is 14.1. The number of H-pyrrole nitrogens is 1. The average molecular weight is 448 g/mol. The maximum Gasteiger partial charge on any atom is 0.257 e. The van der Waals surface area contributed by atoms with E-state index in [1.165, 1.54) is 26.2 Å². The Balaban J connectivity index is 2.33. The molecule has 2 N–H and O–H groups in total. The molecule has 1 heterocycles. The molecule has 1 aromatic heterocycles. The number of nitrogens with zero attached hydrogens (tertiary/aromatic N) is 2. The van der Waals surface area contributed by atoms with E-state index in [4.69, 9.17) is 0 Å². The molecular weight excluding hydrogens is 431 g/mol. The number of benzene rings is 1. The van der Waals surface area contributed by atoms with Crippen molar-refractivity contribution >= 4 is 44.3 Å². The maximum absolute atomic E-state index is 12.4. The molecule has 0 aliphatic heterocycles. The molecule has 0 bridgehead atoms. The molecule has 0 aliphatic rings. The van der Waals surface area contributed by atoms with Crippen LogP contribution in [0.15, 0.2) is 29.2 Å². The molecule has 0 spiro atoms. The number of carbonyl (C=O) groups excluding carboxylic acids is 1. The van der Waals surface area contributed by atoms with Gasteiger partial charge in [0.25, 0.3) is 5.91 Å². The van der Waals surface area contributed by atoms with Crippen molar-refractivity contribution in [1.29, 1.82) is 0 Å². The average Bonchev–Trinajstić information content (AvgIpc) is 2.94. The molecule has 0 saturated carbocycles. The molecule has 9 heteroatoms. The predicted molar refractivity (Wildman–Crippen MR) is 96.0 cm³/mol. The number of sulfonamides is 1. The molecule has 0 aliphatic carbocycles. The van der Waals surface area contributed by atoms with Crippen molar-refractivity contribution in [2.75, 3.05) is 19.4 Å². The quantitative estimate of drug-likeness (QED) is 0.685. The predicted octanol–water partition coefficient (Wildman–Crippen LogP) is 2.08. The zero-order valence-corrected chi connectivity index (χ0v) is 15.9. The maximum atomic E-state index is 12.4. The molecule has 0 atom stereocenters. The molecule has 0 unspecified atom stereocenters. The standard InChI is InChI=1S/C14H17IN4O3S/c1-4-9-7-13(18-17-9)16-14(20)11-8-10(5-6-12(11)15)23(21,22)19(2)3/h5-8H,4H2,1-3H3,(H2,16,17,18,20). The van der Waals surface area contributed by atoms with Gasteiger partial charge in [0.1, 0.15) is 0 Å². The summed E-state index contributed by atoms with van der Waals surface area (Å²) in [5.74, 6) is 0.00267. The topological polar surface area (TPSA) is 95.2 Å². The van der Waals surface area contributed by atoms with E-state index in [2.05, 4.69) is 15.5 Å². The summed E-state index contributed by atoms with van der Waals surface area (Å²) in [5, 5.41) is 9.47. The highest BCUT2D eigenvalue weighted by Crippen LogP contribution is 2.21. The van der Waals surface area contributed by atoms with Crippen molar-refractivity contribution in [2.24, 2.45) is 0 Å². The first-order valence-electron chi connectivity index (χ1n) is 6.83. The van der Waals surface area contributed by atoms with Crippen LogP contribution in [-0.4, -0.2) is 42.9 Å². The number of rotatable bonds is 5. The van der Waals surface area contributed by atoms with Gasteiger partial charge in [-0.3, -0.25) is 9.89 Å². The summed E-state index contributed by atoms with van der Waals surface area (Å²) in [5.41, 5.74) is 1.19. The van der Waals surface area contributed by atoms with Crippen LogP contribution in [0.5, 0.6) is 0 Å². The number of hydrogen-bond acceptors (Lipinski definition) is 4. The summed E-state index contributed by atoms with van der Waals surface area (Å²) >= 11 is 2.00. The van der Waals surface area contributed by atoms with Gasteiger partial charge in [-0.05, 0) is 47.2 Å². The third-order valence-electron chi connectivity index (χ3n) is 3.21. The molecule has 124 valence electrons. The third-order valence-corrected chi connectivity index (χ3v) is 5.97. The number of carbonyl (C=O) groups is 1. The van der Waals surface area contributed by atoms with Crippen LogP contribution in [-0.2, 0) is 16.4 Å². The third kappa shape index (κ3) is 3.90. The molecular formula is C14H17IN4O3S. The van der Waals surface area contributed by atoms with Crippen molar-refractivity contribution in [3.05, 3.63) is 39.1 Å². The summed E-state index contributed by atoms with van der Waals surface area (Å²) in [7, 11) is -0.699. The van der Waals surface area contributed by atoms with E-state index in [0.717, 1.165) is 16.4 Å². The van der Waals surface area contributed by atoms with Gasteiger partial charge in [-0.1, -0.05) is 6.92 Å². The van der Waals surface area contributed by atoms with E-state index in [0.29, 0.717) is 9.39 Å². The Morgan fingerprint density at radius 2 is 2.04 bits per heavy atom. The number of aromatic amines is 1. The fourth-order valence-electron chi connectivity index (χ4n) is 1.84. The van der Waals surface area contributed by atoms with Crippen LogP contribution in [0.4, 0.5) is 5.82 Å². The van der Waals surface area contributed by atoms with Gasteiger partial charge < -0.3 is 5.32 Å². The second-order valence-electron chi connectivity index (χ2n) is 5.02. The summed E-state index contributed by atoms with van der Waals surface area (Å²) in [4.78, 5) is 12.5. The van der Waals surface area contributed by atoms with Gasteiger partial charge >= 0.3 is 0 Å². The number of anilines is 1. The van der Waals surface area contributed by atoms with Gasteiger partial charge in [-0.15, -0.1) is 0 Å². The van der Waals surface area contributed by atoms with Crippen LogP contribution in [0, 0.1) is 3.57 Å². The minimum Gasteiger partial charge on any atom is -0.305 e. The minimum atomic E-state index is -3.59. The van der Waals surface area contributed by atoms with Crippen LogP contribution in [0.1, 0.15) is 23.0 Å². The molecule has 1 aromatic carbocycles. The fraction of sp³-hybridized carbons (Fsp3) is 0.286. The molecule has 0 radical (unpaired) electrons. The lowest BCUT2D eigenvalue weighted by Gasteiger charge is -2.13. The Kier molecular flexibility index (Phi) is 5.42. The number of aromatic nitrogens is 2. The molecule has 23 heavy (non-hydrogen) atoms. The number of hydrogen-bond donors (Lipinski definition) is 2. The normalized spacial score (nSPS) is 11.7. The van der Waals surface area contributed by atoms with Crippen LogP contribution in [0.3, 0.4) is 0 Å². The van der Waals surface area contributed by atoms with E-state index in [1.807, 2.05) is 29.5 Å². The van der Waals surface area contributed by atoms with E-state index in [1.54, 1.807) is 12.1 Å². The van der Waals surface area contributed by atoms with Crippen molar-refractivity contribution < 1.29 is 13.2 Å². The van der Waals surface area contributed by atoms with Crippen molar-refractivity contribution in [2.45, 2.75) is 18.2 Å². The zero-order chi connectivity index (χ0) is 17.2. The Bertz CT molecular complexity index is 830. The fourth-order valence-corrected chi connectivity index (χ4v) is 3.35. The first kappa shape index (κ1) is 17.9. The Morgan fingerprint density at radius 3 is 2.61 bits per heavy atom.